The van der Waals surface area contributed by atoms with Crippen LogP contribution in [-0.2, 0) is 7.05 Å². The third kappa shape index (κ3) is 2.10. The summed E-state index contributed by atoms with van der Waals surface area (Å²) in [4.78, 5) is 15.7. The summed E-state index contributed by atoms with van der Waals surface area (Å²) in [5.74, 6) is 3.24. The minimum Gasteiger partial charge on any atom is -0.309 e. The predicted octanol–water partition coefficient (Wildman–Crippen LogP) is 2.23. The second kappa shape index (κ2) is 4.91. The molecule has 0 aromatic carbocycles. The summed E-state index contributed by atoms with van der Waals surface area (Å²) in [6.45, 7) is 3.58. The molecule has 0 saturated heterocycles. The Morgan fingerprint density at radius 1 is 1.36 bits per heavy atom. The van der Waals surface area contributed by atoms with E-state index in [2.05, 4.69) is 46.2 Å². The average molecular weight is 360 g/mol. The van der Waals surface area contributed by atoms with Crippen LogP contribution >= 0.6 is 15.9 Å². The number of amidine groups is 1. The van der Waals surface area contributed by atoms with Gasteiger partial charge in [0.05, 0.1) is 16.7 Å². The maximum atomic E-state index is 4.65. The van der Waals surface area contributed by atoms with E-state index >= 15 is 0 Å². The molecule has 4 heterocycles. The summed E-state index contributed by atoms with van der Waals surface area (Å²) in [7, 11) is 1.89. The molecule has 4 rings (SSSR count). The minimum absolute atomic E-state index is 0.555. The molecule has 22 heavy (non-hydrogen) atoms. The quantitative estimate of drug-likeness (QED) is 0.889. The monoisotopic (exact) mass is 359 g/mol. The van der Waals surface area contributed by atoms with E-state index in [1.54, 1.807) is 4.68 Å². The SMILES string of the molecule is Cc1cc(Nc2ncc3c(n2)N2CCN=C2C(Br)=C3)n(C)n1. The van der Waals surface area contributed by atoms with Crippen molar-refractivity contribution in [2.75, 3.05) is 23.3 Å². The molecule has 0 radical (unpaired) electrons. The summed E-state index contributed by atoms with van der Waals surface area (Å²) in [6.07, 6.45) is 3.83. The first-order chi connectivity index (χ1) is 10.6. The van der Waals surface area contributed by atoms with E-state index in [-0.39, 0.29) is 0 Å². The van der Waals surface area contributed by atoms with Crippen LogP contribution in [0.1, 0.15) is 11.3 Å². The molecule has 7 nitrogen and oxygen atoms in total. The molecule has 112 valence electrons. The molecule has 1 N–H and O–H groups in total. The first-order valence-electron chi connectivity index (χ1n) is 6.96. The highest BCUT2D eigenvalue weighted by molar-refractivity contribution is 9.12. The summed E-state index contributed by atoms with van der Waals surface area (Å²) in [5, 5.41) is 7.52. The molecule has 0 bridgehead atoms. The molecule has 0 aliphatic carbocycles. The standard InChI is InChI=1S/C14H14BrN7/c1-8-5-11(21(2)20-8)18-14-17-7-9-6-10(15)13-16-3-4-22(13)12(9)19-14/h5-7H,3-4H2,1-2H3,(H,17,18,19). The van der Waals surface area contributed by atoms with E-state index in [1.165, 1.54) is 0 Å². The number of hydrogen-bond donors (Lipinski definition) is 1. The molecule has 2 aliphatic heterocycles. The number of nitrogens with one attached hydrogen (secondary N) is 1. The van der Waals surface area contributed by atoms with E-state index in [1.807, 2.05) is 32.3 Å². The van der Waals surface area contributed by atoms with Crippen molar-refractivity contribution in [2.45, 2.75) is 6.92 Å². The van der Waals surface area contributed by atoms with Crippen molar-refractivity contribution >= 4 is 45.4 Å². The van der Waals surface area contributed by atoms with Gasteiger partial charge in [-0.2, -0.15) is 10.1 Å². The zero-order chi connectivity index (χ0) is 15.3. The van der Waals surface area contributed by atoms with Gasteiger partial charge < -0.3 is 10.2 Å². The molecule has 0 saturated carbocycles. The fraction of sp³-hybridized carbons (Fsp3) is 0.286. The normalized spacial score (nSPS) is 16.0. The lowest BCUT2D eigenvalue weighted by molar-refractivity contribution is 0.763. The number of nitrogens with zero attached hydrogens (tertiary/aromatic N) is 6. The molecular formula is C14H14BrN7. The molecule has 2 aromatic heterocycles. The van der Waals surface area contributed by atoms with Gasteiger partial charge in [-0.1, -0.05) is 0 Å². The Labute approximate surface area is 135 Å². The fourth-order valence-corrected chi connectivity index (χ4v) is 3.25. The Morgan fingerprint density at radius 3 is 3.00 bits per heavy atom. The van der Waals surface area contributed by atoms with Gasteiger partial charge >= 0.3 is 0 Å². The van der Waals surface area contributed by atoms with Crippen LogP contribution in [-0.4, -0.2) is 38.7 Å². The summed E-state index contributed by atoms with van der Waals surface area (Å²) < 4.78 is 2.75. The first-order valence-corrected chi connectivity index (χ1v) is 7.75. The van der Waals surface area contributed by atoms with Gasteiger partial charge in [-0.15, -0.1) is 0 Å². The van der Waals surface area contributed by atoms with Crippen molar-refractivity contribution in [3.05, 3.63) is 28.0 Å². The van der Waals surface area contributed by atoms with Crippen molar-refractivity contribution in [1.29, 1.82) is 0 Å². The van der Waals surface area contributed by atoms with E-state index in [0.29, 0.717) is 5.95 Å². The molecule has 2 aromatic rings. The number of halogens is 1. The zero-order valence-electron chi connectivity index (χ0n) is 12.2. The Bertz CT molecular complexity index is 821. The Balaban J connectivity index is 1.72. The van der Waals surface area contributed by atoms with Gasteiger partial charge in [-0.25, -0.2) is 4.98 Å². The molecule has 0 amide bonds. The van der Waals surface area contributed by atoms with Gasteiger partial charge in [-0.3, -0.25) is 9.67 Å². The average Bonchev–Trinajstić information content (AvgIpc) is 3.08. The van der Waals surface area contributed by atoms with Crippen LogP contribution in [0.5, 0.6) is 0 Å². The Morgan fingerprint density at radius 2 is 2.23 bits per heavy atom. The van der Waals surface area contributed by atoms with Crippen LogP contribution in [0.15, 0.2) is 21.7 Å². The maximum absolute atomic E-state index is 4.65. The van der Waals surface area contributed by atoms with Crippen molar-refractivity contribution < 1.29 is 0 Å². The summed E-state index contributed by atoms with van der Waals surface area (Å²) in [6, 6.07) is 1.96. The molecule has 0 unspecified atom stereocenters. The summed E-state index contributed by atoms with van der Waals surface area (Å²) in [5.41, 5.74) is 1.93. The third-order valence-corrected chi connectivity index (χ3v) is 4.21. The highest BCUT2D eigenvalue weighted by Crippen LogP contribution is 2.33. The van der Waals surface area contributed by atoms with E-state index in [9.17, 15) is 0 Å². The molecular weight excluding hydrogens is 346 g/mol. The fourth-order valence-electron chi connectivity index (χ4n) is 2.66. The first kappa shape index (κ1) is 13.4. The van der Waals surface area contributed by atoms with Crippen molar-refractivity contribution in [2.24, 2.45) is 12.0 Å². The highest BCUT2D eigenvalue weighted by atomic mass is 79.9. The van der Waals surface area contributed by atoms with Gasteiger partial charge in [0.25, 0.3) is 0 Å². The van der Waals surface area contributed by atoms with E-state index in [0.717, 1.165) is 46.3 Å². The van der Waals surface area contributed by atoms with Crippen LogP contribution in [0, 0.1) is 6.92 Å². The van der Waals surface area contributed by atoms with Crippen molar-refractivity contribution in [1.82, 2.24) is 19.7 Å². The lowest BCUT2D eigenvalue weighted by atomic mass is 10.2. The van der Waals surface area contributed by atoms with Gasteiger partial charge in [0.1, 0.15) is 17.5 Å². The number of hydrogen-bond acceptors (Lipinski definition) is 6. The Kier molecular flexibility index (Phi) is 3.00. The van der Waals surface area contributed by atoms with Crippen LogP contribution in [0.3, 0.4) is 0 Å². The van der Waals surface area contributed by atoms with Crippen LogP contribution in [0.2, 0.25) is 0 Å². The van der Waals surface area contributed by atoms with Gasteiger partial charge in [0, 0.05) is 31.4 Å². The van der Waals surface area contributed by atoms with E-state index in [4.69, 9.17) is 0 Å². The van der Waals surface area contributed by atoms with Gasteiger partial charge in [-0.05, 0) is 28.9 Å². The number of aryl methyl sites for hydroxylation is 2. The smallest absolute Gasteiger partial charge is 0.230 e. The van der Waals surface area contributed by atoms with Crippen molar-refractivity contribution in [3.63, 3.8) is 0 Å². The van der Waals surface area contributed by atoms with Crippen LogP contribution in [0.25, 0.3) is 6.08 Å². The number of anilines is 3. The number of rotatable bonds is 2. The van der Waals surface area contributed by atoms with Crippen molar-refractivity contribution in [3.8, 4) is 0 Å². The highest BCUT2D eigenvalue weighted by Gasteiger charge is 2.28. The lowest BCUT2D eigenvalue weighted by Gasteiger charge is -2.25. The predicted molar refractivity (Wildman–Crippen MR) is 89.8 cm³/mol. The second-order valence-electron chi connectivity index (χ2n) is 5.24. The number of aromatic nitrogens is 4. The molecule has 0 spiro atoms. The van der Waals surface area contributed by atoms with Crippen LogP contribution in [0.4, 0.5) is 17.6 Å². The number of fused-ring (bicyclic) bond motifs is 3. The van der Waals surface area contributed by atoms with Gasteiger partial charge in [0.15, 0.2) is 0 Å². The van der Waals surface area contributed by atoms with E-state index < -0.39 is 0 Å². The molecule has 2 aliphatic rings. The minimum atomic E-state index is 0.555. The maximum Gasteiger partial charge on any atom is 0.230 e. The second-order valence-corrected chi connectivity index (χ2v) is 6.10. The largest absolute Gasteiger partial charge is 0.309 e. The van der Waals surface area contributed by atoms with Gasteiger partial charge in [0.2, 0.25) is 5.95 Å². The van der Waals surface area contributed by atoms with Crippen LogP contribution < -0.4 is 10.2 Å². The lowest BCUT2D eigenvalue weighted by Crippen LogP contribution is -2.31. The topological polar surface area (TPSA) is 71.2 Å². The number of aliphatic imine (C=N–C) groups is 1. The third-order valence-electron chi connectivity index (χ3n) is 3.63. The zero-order valence-corrected chi connectivity index (χ0v) is 13.8. The molecule has 8 heteroatoms. The Hall–Kier alpha value is -2.22. The summed E-state index contributed by atoms with van der Waals surface area (Å²) >= 11 is 3.56. The molecule has 0 atom stereocenters. The molecule has 0 fully saturated rings.